The van der Waals surface area contributed by atoms with E-state index in [1.165, 1.54) is 16.9 Å². The Balaban J connectivity index is 2.54. The summed E-state index contributed by atoms with van der Waals surface area (Å²) in [4.78, 5) is 1.32. The minimum Gasteiger partial charge on any atom is -0.399 e. The molecule has 2 heteroatoms. The van der Waals surface area contributed by atoms with E-state index in [0.29, 0.717) is 5.41 Å². The molecule has 0 aliphatic carbocycles. The van der Waals surface area contributed by atoms with Crippen LogP contribution in [0.25, 0.3) is 0 Å². The topological polar surface area (TPSA) is 26.0 Å². The third kappa shape index (κ3) is 4.61. The lowest BCUT2D eigenvalue weighted by molar-refractivity contribution is 0.401. The molecule has 84 valence electrons. The van der Waals surface area contributed by atoms with Crippen LogP contribution in [0.2, 0.25) is 0 Å². The first kappa shape index (κ1) is 12.4. The van der Waals surface area contributed by atoms with Crippen molar-refractivity contribution in [3.8, 4) is 0 Å². The van der Waals surface area contributed by atoms with Gasteiger partial charge in [-0.15, -0.1) is 11.8 Å². The van der Waals surface area contributed by atoms with Crippen LogP contribution in [-0.2, 0) is 0 Å². The molecule has 15 heavy (non-hydrogen) atoms. The van der Waals surface area contributed by atoms with Crippen molar-refractivity contribution >= 4 is 17.4 Å². The van der Waals surface area contributed by atoms with Crippen LogP contribution in [0.5, 0.6) is 0 Å². The highest BCUT2D eigenvalue weighted by Gasteiger charge is 2.10. The fourth-order valence-corrected chi connectivity index (χ4v) is 2.69. The van der Waals surface area contributed by atoms with Crippen molar-refractivity contribution in [2.45, 2.75) is 39.0 Å². The number of nitrogens with two attached hydrogens (primary N) is 1. The lowest BCUT2D eigenvalue weighted by atomic mass is 9.94. The Morgan fingerprint density at radius 1 is 1.27 bits per heavy atom. The Kier molecular flexibility index (Phi) is 4.09. The van der Waals surface area contributed by atoms with E-state index in [1.54, 1.807) is 0 Å². The molecule has 0 radical (unpaired) electrons. The molecule has 0 amide bonds. The van der Waals surface area contributed by atoms with Crippen LogP contribution < -0.4 is 5.73 Å². The van der Waals surface area contributed by atoms with Gasteiger partial charge < -0.3 is 5.73 Å². The van der Waals surface area contributed by atoms with Crippen LogP contribution in [-0.4, -0.2) is 5.75 Å². The molecule has 0 unspecified atom stereocenters. The van der Waals surface area contributed by atoms with Crippen molar-refractivity contribution in [3.63, 3.8) is 0 Å². The quantitative estimate of drug-likeness (QED) is 0.616. The molecule has 0 heterocycles. The Bertz CT molecular complexity index is 326. The normalized spacial score (nSPS) is 11.7. The second-order valence-electron chi connectivity index (χ2n) is 5.18. The molecule has 0 saturated heterocycles. The van der Waals surface area contributed by atoms with Gasteiger partial charge in [0.25, 0.3) is 0 Å². The number of benzene rings is 1. The summed E-state index contributed by atoms with van der Waals surface area (Å²) in [6.45, 7) is 8.97. The van der Waals surface area contributed by atoms with Crippen LogP contribution in [0.3, 0.4) is 0 Å². The highest BCUT2D eigenvalue weighted by atomic mass is 32.2. The maximum absolute atomic E-state index is 5.77. The maximum Gasteiger partial charge on any atom is 0.0325 e. The predicted octanol–water partition coefficient (Wildman–Crippen LogP) is 4.11. The van der Waals surface area contributed by atoms with Crippen molar-refractivity contribution in [2.75, 3.05) is 11.5 Å². The van der Waals surface area contributed by atoms with Gasteiger partial charge in [-0.3, -0.25) is 0 Å². The van der Waals surface area contributed by atoms with Crippen molar-refractivity contribution in [1.82, 2.24) is 0 Å². The molecular weight excluding hydrogens is 202 g/mol. The number of anilines is 1. The molecule has 1 rings (SSSR count). The summed E-state index contributed by atoms with van der Waals surface area (Å²) in [7, 11) is 0. The van der Waals surface area contributed by atoms with Gasteiger partial charge in [0.1, 0.15) is 0 Å². The fourth-order valence-electron chi connectivity index (χ4n) is 1.24. The van der Waals surface area contributed by atoms with Gasteiger partial charge >= 0.3 is 0 Å². The first-order valence-electron chi connectivity index (χ1n) is 5.37. The minimum absolute atomic E-state index is 0.418. The molecule has 0 bridgehead atoms. The van der Waals surface area contributed by atoms with Gasteiger partial charge in [0.05, 0.1) is 0 Å². The van der Waals surface area contributed by atoms with Crippen LogP contribution in [0.15, 0.2) is 23.1 Å². The van der Waals surface area contributed by atoms with Crippen LogP contribution >= 0.6 is 11.8 Å². The Labute approximate surface area is 97.4 Å². The number of rotatable bonds is 3. The van der Waals surface area contributed by atoms with E-state index in [9.17, 15) is 0 Å². The van der Waals surface area contributed by atoms with Crippen molar-refractivity contribution in [3.05, 3.63) is 23.8 Å². The number of aryl methyl sites for hydroxylation is 1. The molecule has 2 N–H and O–H groups in total. The molecular formula is C13H21NS. The second kappa shape index (κ2) is 4.93. The summed E-state index contributed by atoms with van der Waals surface area (Å²) in [5.74, 6) is 1.16. The summed E-state index contributed by atoms with van der Waals surface area (Å²) < 4.78 is 0. The predicted molar refractivity (Wildman–Crippen MR) is 70.4 cm³/mol. The van der Waals surface area contributed by atoms with E-state index in [1.807, 2.05) is 17.8 Å². The highest BCUT2D eigenvalue weighted by molar-refractivity contribution is 7.99. The van der Waals surface area contributed by atoms with Crippen LogP contribution in [0.1, 0.15) is 32.8 Å². The summed E-state index contributed by atoms with van der Waals surface area (Å²) in [6, 6.07) is 6.13. The largest absolute Gasteiger partial charge is 0.399 e. The summed E-state index contributed by atoms with van der Waals surface area (Å²) in [5.41, 5.74) is 8.37. The average Bonchev–Trinajstić information content (AvgIpc) is 2.09. The number of nitrogen functional groups attached to an aromatic ring is 1. The van der Waals surface area contributed by atoms with E-state index in [4.69, 9.17) is 5.73 Å². The van der Waals surface area contributed by atoms with E-state index >= 15 is 0 Å². The van der Waals surface area contributed by atoms with Gasteiger partial charge in [0.2, 0.25) is 0 Å². The van der Waals surface area contributed by atoms with Gasteiger partial charge in [0, 0.05) is 10.6 Å². The van der Waals surface area contributed by atoms with Crippen LogP contribution in [0, 0.1) is 12.3 Å². The third-order valence-corrected chi connectivity index (χ3v) is 3.48. The summed E-state index contributed by atoms with van der Waals surface area (Å²) in [6.07, 6.45) is 1.23. The molecule has 0 aliphatic rings. The molecule has 1 nitrogen and oxygen atoms in total. The number of hydrogen-bond donors (Lipinski definition) is 1. The molecule has 0 fully saturated rings. The van der Waals surface area contributed by atoms with Gasteiger partial charge in [-0.05, 0) is 42.2 Å². The zero-order valence-corrected chi connectivity index (χ0v) is 10.9. The van der Waals surface area contributed by atoms with Gasteiger partial charge in [-0.25, -0.2) is 0 Å². The number of thioether (sulfide) groups is 1. The van der Waals surface area contributed by atoms with Crippen molar-refractivity contribution in [1.29, 1.82) is 0 Å². The van der Waals surface area contributed by atoms with Gasteiger partial charge in [0.15, 0.2) is 0 Å². The monoisotopic (exact) mass is 223 g/mol. The first-order valence-corrected chi connectivity index (χ1v) is 6.36. The molecule has 1 aromatic carbocycles. The Hall–Kier alpha value is -0.630. The van der Waals surface area contributed by atoms with E-state index in [0.717, 1.165) is 11.4 Å². The lowest BCUT2D eigenvalue weighted by Gasteiger charge is -2.17. The zero-order valence-electron chi connectivity index (χ0n) is 10.1. The standard InChI is InChI=1S/C13H21NS/c1-10-5-6-11(14)9-12(10)15-8-7-13(2,3)4/h5-6,9H,7-8,14H2,1-4H3. The highest BCUT2D eigenvalue weighted by Crippen LogP contribution is 2.28. The van der Waals surface area contributed by atoms with Crippen LogP contribution in [0.4, 0.5) is 5.69 Å². The minimum atomic E-state index is 0.418. The van der Waals surface area contributed by atoms with E-state index < -0.39 is 0 Å². The van der Waals surface area contributed by atoms with Gasteiger partial charge in [-0.2, -0.15) is 0 Å². The molecule has 0 saturated carbocycles. The van der Waals surface area contributed by atoms with E-state index in [2.05, 4.69) is 39.8 Å². The van der Waals surface area contributed by atoms with E-state index in [-0.39, 0.29) is 0 Å². The molecule has 0 aromatic heterocycles. The van der Waals surface area contributed by atoms with Crippen molar-refractivity contribution in [2.24, 2.45) is 5.41 Å². The molecule has 1 aromatic rings. The lowest BCUT2D eigenvalue weighted by Crippen LogP contribution is -2.05. The second-order valence-corrected chi connectivity index (χ2v) is 6.32. The number of hydrogen-bond acceptors (Lipinski definition) is 2. The van der Waals surface area contributed by atoms with Gasteiger partial charge in [-0.1, -0.05) is 26.8 Å². The fraction of sp³-hybridized carbons (Fsp3) is 0.538. The maximum atomic E-state index is 5.77. The smallest absolute Gasteiger partial charge is 0.0325 e. The average molecular weight is 223 g/mol. The summed E-state index contributed by atoms with van der Waals surface area (Å²) in [5, 5.41) is 0. The Morgan fingerprint density at radius 2 is 1.93 bits per heavy atom. The molecule has 0 spiro atoms. The Morgan fingerprint density at radius 3 is 2.53 bits per heavy atom. The molecule has 0 atom stereocenters. The summed E-state index contributed by atoms with van der Waals surface area (Å²) >= 11 is 1.91. The first-order chi connectivity index (χ1) is 6.88. The van der Waals surface area contributed by atoms with Crippen molar-refractivity contribution < 1.29 is 0 Å². The molecule has 0 aliphatic heterocycles. The SMILES string of the molecule is Cc1ccc(N)cc1SCCC(C)(C)C. The third-order valence-electron chi connectivity index (χ3n) is 2.32. The zero-order chi connectivity index (χ0) is 11.5.